The van der Waals surface area contributed by atoms with Crippen molar-refractivity contribution in [3.63, 3.8) is 0 Å². The van der Waals surface area contributed by atoms with Crippen molar-refractivity contribution in [3.05, 3.63) is 41.3 Å². The van der Waals surface area contributed by atoms with Gasteiger partial charge in [0.05, 0.1) is 11.3 Å². The fourth-order valence-corrected chi connectivity index (χ4v) is 1.52. The number of nitrogen functional groups attached to an aromatic ring is 1. The molecule has 3 nitrogen and oxygen atoms in total. The van der Waals surface area contributed by atoms with Crippen molar-refractivity contribution >= 4 is 5.82 Å². The zero-order chi connectivity index (χ0) is 14.2. The molecule has 1 aromatic carbocycles. The number of anilines is 1. The quantitative estimate of drug-likeness (QED) is 0.810. The van der Waals surface area contributed by atoms with Gasteiger partial charge in [-0.2, -0.15) is 13.2 Å². The number of nitrogens with zero attached hydrogens (tertiary/aromatic N) is 2. The van der Waals surface area contributed by atoms with Crippen molar-refractivity contribution in [2.24, 2.45) is 0 Å². The third kappa shape index (κ3) is 2.64. The van der Waals surface area contributed by atoms with Crippen LogP contribution in [0.3, 0.4) is 0 Å². The Kier molecular flexibility index (Phi) is 3.13. The predicted octanol–water partition coefficient (Wildman–Crippen LogP) is 3.19. The third-order valence-corrected chi connectivity index (χ3v) is 2.51. The van der Waals surface area contributed by atoms with Crippen LogP contribution in [0.4, 0.5) is 23.4 Å². The van der Waals surface area contributed by atoms with Crippen molar-refractivity contribution in [2.75, 3.05) is 5.73 Å². The smallest absolute Gasteiger partial charge is 0.381 e. The van der Waals surface area contributed by atoms with Gasteiger partial charge in [-0.25, -0.2) is 14.4 Å². The fraction of sp³-hybridized carbons (Fsp3) is 0.167. The van der Waals surface area contributed by atoms with Crippen LogP contribution in [0.2, 0.25) is 0 Å². The van der Waals surface area contributed by atoms with E-state index in [2.05, 4.69) is 9.97 Å². The summed E-state index contributed by atoms with van der Waals surface area (Å²) in [5.74, 6) is -0.969. The number of hydrogen-bond donors (Lipinski definition) is 1. The second-order valence-electron chi connectivity index (χ2n) is 3.91. The summed E-state index contributed by atoms with van der Waals surface area (Å²) in [6, 6.07) is 4.25. The van der Waals surface area contributed by atoms with E-state index in [1.165, 1.54) is 19.1 Å². The Morgan fingerprint density at radius 1 is 1.05 bits per heavy atom. The molecule has 2 aromatic rings. The molecule has 0 aliphatic rings. The summed E-state index contributed by atoms with van der Waals surface area (Å²) in [4.78, 5) is 7.55. The molecular formula is C12H9F4N3. The Morgan fingerprint density at radius 2 is 1.63 bits per heavy atom. The molecular weight excluding hydrogens is 262 g/mol. The second kappa shape index (κ2) is 4.49. The van der Waals surface area contributed by atoms with E-state index in [-0.39, 0.29) is 17.3 Å². The van der Waals surface area contributed by atoms with Gasteiger partial charge in [0.25, 0.3) is 0 Å². The van der Waals surface area contributed by atoms with Gasteiger partial charge in [-0.1, -0.05) is 12.1 Å². The molecule has 0 amide bonds. The largest absolute Gasteiger partial charge is 0.416 e. The van der Waals surface area contributed by atoms with Crippen LogP contribution in [-0.2, 0) is 6.18 Å². The Morgan fingerprint density at radius 3 is 2.11 bits per heavy atom. The van der Waals surface area contributed by atoms with Crippen molar-refractivity contribution in [2.45, 2.75) is 13.1 Å². The molecule has 1 aromatic heterocycles. The fourth-order valence-electron chi connectivity index (χ4n) is 1.52. The second-order valence-corrected chi connectivity index (χ2v) is 3.91. The number of aromatic nitrogens is 2. The summed E-state index contributed by atoms with van der Waals surface area (Å²) >= 11 is 0. The maximum atomic E-state index is 13.2. The Hall–Kier alpha value is -2.18. The lowest BCUT2D eigenvalue weighted by Gasteiger charge is -2.08. The third-order valence-electron chi connectivity index (χ3n) is 2.51. The molecule has 2 N–H and O–H groups in total. The summed E-state index contributed by atoms with van der Waals surface area (Å²) in [5.41, 5.74) is 4.96. The van der Waals surface area contributed by atoms with Gasteiger partial charge in [0.2, 0.25) is 0 Å². The van der Waals surface area contributed by atoms with Crippen LogP contribution >= 0.6 is 0 Å². The molecule has 0 unspecified atom stereocenters. The minimum absolute atomic E-state index is 0.0439. The molecule has 19 heavy (non-hydrogen) atoms. The first-order chi connectivity index (χ1) is 8.79. The summed E-state index contributed by atoms with van der Waals surface area (Å²) in [5, 5.41) is 0. The van der Waals surface area contributed by atoms with E-state index in [1.807, 2.05) is 0 Å². The van der Waals surface area contributed by atoms with Crippen LogP contribution < -0.4 is 5.73 Å². The normalized spacial score (nSPS) is 11.6. The van der Waals surface area contributed by atoms with Gasteiger partial charge in [-0.15, -0.1) is 0 Å². The topological polar surface area (TPSA) is 51.8 Å². The minimum Gasteiger partial charge on any atom is -0.381 e. The molecule has 0 atom stereocenters. The number of nitrogens with two attached hydrogens (primary N) is 1. The maximum absolute atomic E-state index is 13.2. The molecule has 0 aliphatic heterocycles. The van der Waals surface area contributed by atoms with Gasteiger partial charge in [-0.3, -0.25) is 0 Å². The molecule has 0 saturated heterocycles. The number of alkyl halides is 3. The Bertz CT molecular complexity index is 582. The molecule has 100 valence electrons. The average molecular weight is 271 g/mol. The Balaban J connectivity index is 2.43. The first-order valence-electron chi connectivity index (χ1n) is 5.26. The lowest BCUT2D eigenvalue weighted by Crippen LogP contribution is -2.05. The molecule has 0 spiro atoms. The van der Waals surface area contributed by atoms with Crippen molar-refractivity contribution in [1.82, 2.24) is 9.97 Å². The maximum Gasteiger partial charge on any atom is 0.416 e. The molecule has 0 fully saturated rings. The van der Waals surface area contributed by atoms with Crippen LogP contribution in [0.1, 0.15) is 11.3 Å². The van der Waals surface area contributed by atoms with Gasteiger partial charge in [-0.05, 0) is 19.1 Å². The first kappa shape index (κ1) is 13.3. The van der Waals surface area contributed by atoms with Crippen LogP contribution in [-0.4, -0.2) is 9.97 Å². The van der Waals surface area contributed by atoms with E-state index in [0.29, 0.717) is 5.56 Å². The summed E-state index contributed by atoms with van der Waals surface area (Å²) in [7, 11) is 0. The van der Waals surface area contributed by atoms with Gasteiger partial charge in [0, 0.05) is 5.56 Å². The van der Waals surface area contributed by atoms with E-state index < -0.39 is 17.6 Å². The van der Waals surface area contributed by atoms with E-state index in [0.717, 1.165) is 12.1 Å². The summed E-state index contributed by atoms with van der Waals surface area (Å²) < 4.78 is 50.5. The number of hydrogen-bond acceptors (Lipinski definition) is 3. The highest BCUT2D eigenvalue weighted by Gasteiger charge is 2.30. The van der Waals surface area contributed by atoms with Crippen LogP contribution in [0.25, 0.3) is 11.4 Å². The molecule has 0 bridgehead atoms. The monoisotopic (exact) mass is 271 g/mol. The van der Waals surface area contributed by atoms with E-state index in [4.69, 9.17) is 5.73 Å². The number of halogens is 4. The Labute approximate surface area is 106 Å². The zero-order valence-corrected chi connectivity index (χ0v) is 9.79. The van der Waals surface area contributed by atoms with Crippen LogP contribution in [0.15, 0.2) is 24.3 Å². The lowest BCUT2D eigenvalue weighted by atomic mass is 10.1. The highest BCUT2D eigenvalue weighted by molar-refractivity contribution is 5.57. The number of benzene rings is 1. The average Bonchev–Trinajstić information content (AvgIpc) is 2.34. The lowest BCUT2D eigenvalue weighted by molar-refractivity contribution is -0.137. The standard InChI is InChI=1S/C12H9F4N3/c1-6-9(13)10(17)19-11(18-6)7-2-4-8(5-3-7)12(14,15)16/h2-5H,1H3,(H2,17,18,19). The summed E-state index contributed by atoms with van der Waals surface area (Å²) in [6.07, 6.45) is -4.41. The predicted molar refractivity (Wildman–Crippen MR) is 61.6 cm³/mol. The first-order valence-corrected chi connectivity index (χ1v) is 5.26. The molecule has 7 heteroatoms. The van der Waals surface area contributed by atoms with E-state index >= 15 is 0 Å². The van der Waals surface area contributed by atoms with Crippen LogP contribution in [0, 0.1) is 12.7 Å². The SMILES string of the molecule is Cc1nc(-c2ccc(C(F)(F)F)cc2)nc(N)c1F. The van der Waals surface area contributed by atoms with Gasteiger partial charge >= 0.3 is 6.18 Å². The molecule has 0 saturated carbocycles. The molecule has 2 rings (SSSR count). The molecule has 0 aliphatic carbocycles. The van der Waals surface area contributed by atoms with Crippen molar-refractivity contribution in [3.8, 4) is 11.4 Å². The highest BCUT2D eigenvalue weighted by Crippen LogP contribution is 2.30. The zero-order valence-electron chi connectivity index (χ0n) is 9.79. The van der Waals surface area contributed by atoms with Crippen molar-refractivity contribution < 1.29 is 17.6 Å². The highest BCUT2D eigenvalue weighted by atomic mass is 19.4. The molecule has 1 heterocycles. The van der Waals surface area contributed by atoms with E-state index in [1.54, 1.807) is 0 Å². The van der Waals surface area contributed by atoms with Gasteiger partial charge in [0.15, 0.2) is 17.5 Å². The van der Waals surface area contributed by atoms with E-state index in [9.17, 15) is 17.6 Å². The minimum atomic E-state index is -4.41. The van der Waals surface area contributed by atoms with Gasteiger partial charge < -0.3 is 5.73 Å². The van der Waals surface area contributed by atoms with Gasteiger partial charge in [0.1, 0.15) is 0 Å². The summed E-state index contributed by atoms with van der Waals surface area (Å²) in [6.45, 7) is 1.40. The number of aryl methyl sites for hydroxylation is 1. The van der Waals surface area contributed by atoms with Crippen molar-refractivity contribution in [1.29, 1.82) is 0 Å². The molecule has 0 radical (unpaired) electrons. The number of rotatable bonds is 1. The van der Waals surface area contributed by atoms with Crippen LogP contribution in [0.5, 0.6) is 0 Å².